The van der Waals surface area contributed by atoms with Crippen LogP contribution in [0.1, 0.15) is 34.1 Å². The molecule has 0 bridgehead atoms. The first kappa shape index (κ1) is 9.89. The van der Waals surface area contributed by atoms with E-state index in [0.29, 0.717) is 5.05 Å². The molecule has 0 fully saturated rings. The fraction of sp³-hybridized carbons (Fsp3) is 0.875. The predicted octanol–water partition coefficient (Wildman–Crippen LogP) is 2.79. The van der Waals surface area contributed by atoms with E-state index < -0.39 is 0 Å². The van der Waals surface area contributed by atoms with Crippen molar-refractivity contribution in [3.8, 4) is 0 Å². The van der Waals surface area contributed by atoms with E-state index in [9.17, 15) is 0 Å². The van der Waals surface area contributed by atoms with Crippen LogP contribution in [0.5, 0.6) is 0 Å². The first-order valence-corrected chi connectivity index (χ1v) is 4.06. The Balaban J connectivity index is 3.64. The molecule has 60 valence electrons. The molecule has 2 heteroatoms. The molecule has 0 radical (unpaired) electrons. The molecule has 0 aliphatic heterocycles. The van der Waals surface area contributed by atoms with E-state index in [0.717, 1.165) is 13.0 Å². The Labute approximate surface area is 68.8 Å². The van der Waals surface area contributed by atoms with Crippen LogP contribution in [0.3, 0.4) is 0 Å². The topological polar surface area (TPSA) is 9.23 Å². The molecule has 0 aliphatic carbocycles. The zero-order chi connectivity index (χ0) is 8.20. The third-order valence-corrected chi connectivity index (χ3v) is 1.78. The number of hydrogen-bond donors (Lipinski definition) is 0. The van der Waals surface area contributed by atoms with Gasteiger partial charge >= 0.3 is 0 Å². The first-order valence-electron chi connectivity index (χ1n) is 3.65. The minimum absolute atomic E-state index is 0.0184. The quantitative estimate of drug-likeness (QED) is 0.574. The van der Waals surface area contributed by atoms with Gasteiger partial charge in [0.2, 0.25) is 0 Å². The second-order valence-electron chi connectivity index (χ2n) is 3.39. The van der Waals surface area contributed by atoms with E-state index >= 15 is 0 Å². The molecule has 0 aromatic heterocycles. The van der Waals surface area contributed by atoms with Crippen LogP contribution in [0.4, 0.5) is 0 Å². The second-order valence-corrected chi connectivity index (χ2v) is 3.76. The fourth-order valence-corrected chi connectivity index (χ4v) is 0.495. The average molecular weight is 160 g/mol. The third-order valence-electron chi connectivity index (χ3n) is 1.05. The van der Waals surface area contributed by atoms with Crippen molar-refractivity contribution in [2.45, 2.75) is 34.1 Å². The van der Waals surface area contributed by atoms with Gasteiger partial charge in [0.05, 0.1) is 6.61 Å². The van der Waals surface area contributed by atoms with E-state index in [1.807, 2.05) is 0 Å². The van der Waals surface area contributed by atoms with E-state index in [-0.39, 0.29) is 5.41 Å². The Kier molecular flexibility index (Phi) is 3.87. The summed E-state index contributed by atoms with van der Waals surface area (Å²) >= 11 is 5.03. The number of ether oxygens (including phenoxy) is 1. The van der Waals surface area contributed by atoms with E-state index in [4.69, 9.17) is 17.0 Å². The van der Waals surface area contributed by atoms with Gasteiger partial charge in [-0.1, -0.05) is 27.7 Å². The Bertz CT molecular complexity index is 113. The van der Waals surface area contributed by atoms with Gasteiger partial charge in [0.15, 0.2) is 5.05 Å². The Morgan fingerprint density at radius 2 is 1.90 bits per heavy atom. The molecule has 0 amide bonds. The van der Waals surface area contributed by atoms with E-state index in [1.165, 1.54) is 0 Å². The van der Waals surface area contributed by atoms with Gasteiger partial charge in [0.25, 0.3) is 0 Å². The summed E-state index contributed by atoms with van der Waals surface area (Å²) in [5.74, 6) is 0. The summed E-state index contributed by atoms with van der Waals surface area (Å²) in [6, 6.07) is 0. The SMILES string of the molecule is CCCOC(=S)C(C)(C)C. The van der Waals surface area contributed by atoms with Crippen molar-refractivity contribution in [2.24, 2.45) is 5.41 Å². The standard InChI is InChI=1S/C8H16OS/c1-5-6-9-7(10)8(2,3)4/h5-6H2,1-4H3. The highest BCUT2D eigenvalue weighted by Crippen LogP contribution is 2.16. The van der Waals surface area contributed by atoms with Crippen LogP contribution in [-0.4, -0.2) is 11.7 Å². The summed E-state index contributed by atoms with van der Waals surface area (Å²) in [5.41, 5.74) is 0.0184. The molecule has 0 rings (SSSR count). The summed E-state index contributed by atoms with van der Waals surface area (Å²) in [6.07, 6.45) is 1.02. The van der Waals surface area contributed by atoms with Crippen molar-refractivity contribution in [2.75, 3.05) is 6.61 Å². The van der Waals surface area contributed by atoms with Gasteiger partial charge in [-0.3, -0.25) is 0 Å². The molecule has 0 saturated carbocycles. The van der Waals surface area contributed by atoms with E-state index in [2.05, 4.69) is 27.7 Å². The van der Waals surface area contributed by atoms with Gasteiger partial charge in [-0.05, 0) is 18.6 Å². The van der Waals surface area contributed by atoms with Gasteiger partial charge in [-0.2, -0.15) is 0 Å². The molecule has 0 unspecified atom stereocenters. The number of hydrogen-bond acceptors (Lipinski definition) is 2. The second kappa shape index (κ2) is 3.91. The summed E-state index contributed by atoms with van der Waals surface area (Å²) in [4.78, 5) is 0. The lowest BCUT2D eigenvalue weighted by atomic mass is 9.98. The molecule has 1 nitrogen and oxygen atoms in total. The number of rotatable bonds is 2. The summed E-state index contributed by atoms with van der Waals surface area (Å²) in [5, 5.41) is 0.717. The van der Waals surface area contributed by atoms with Gasteiger partial charge in [0.1, 0.15) is 0 Å². The zero-order valence-electron chi connectivity index (χ0n) is 7.23. The highest BCUT2D eigenvalue weighted by Gasteiger charge is 2.17. The lowest BCUT2D eigenvalue weighted by molar-refractivity contribution is 0.274. The van der Waals surface area contributed by atoms with Crippen molar-refractivity contribution in [1.82, 2.24) is 0 Å². The molecule has 0 heterocycles. The molecular weight excluding hydrogens is 144 g/mol. The summed E-state index contributed by atoms with van der Waals surface area (Å²) < 4.78 is 5.29. The van der Waals surface area contributed by atoms with Gasteiger partial charge in [-0.15, -0.1) is 0 Å². The molecule has 0 saturated heterocycles. The van der Waals surface area contributed by atoms with Gasteiger partial charge < -0.3 is 4.74 Å². The van der Waals surface area contributed by atoms with Crippen LogP contribution in [0.2, 0.25) is 0 Å². The van der Waals surface area contributed by atoms with Gasteiger partial charge in [-0.25, -0.2) is 0 Å². The fourth-order valence-electron chi connectivity index (χ4n) is 0.411. The van der Waals surface area contributed by atoms with Crippen molar-refractivity contribution >= 4 is 17.3 Å². The smallest absolute Gasteiger partial charge is 0.164 e. The minimum Gasteiger partial charge on any atom is -0.487 e. The maximum Gasteiger partial charge on any atom is 0.164 e. The molecule has 0 N–H and O–H groups in total. The van der Waals surface area contributed by atoms with Crippen LogP contribution in [-0.2, 0) is 4.74 Å². The Morgan fingerprint density at radius 3 is 2.20 bits per heavy atom. The van der Waals surface area contributed by atoms with Crippen molar-refractivity contribution in [3.63, 3.8) is 0 Å². The van der Waals surface area contributed by atoms with Crippen LogP contribution in [0.15, 0.2) is 0 Å². The van der Waals surface area contributed by atoms with E-state index in [1.54, 1.807) is 0 Å². The summed E-state index contributed by atoms with van der Waals surface area (Å²) in [7, 11) is 0. The van der Waals surface area contributed by atoms with Gasteiger partial charge in [0, 0.05) is 5.41 Å². The molecule has 0 aromatic carbocycles. The van der Waals surface area contributed by atoms with Crippen molar-refractivity contribution in [1.29, 1.82) is 0 Å². The molecule has 0 aromatic rings. The molecule has 0 spiro atoms. The lowest BCUT2D eigenvalue weighted by Gasteiger charge is -2.19. The normalized spacial score (nSPS) is 11.2. The van der Waals surface area contributed by atoms with Crippen LogP contribution >= 0.6 is 12.2 Å². The van der Waals surface area contributed by atoms with Crippen molar-refractivity contribution in [3.05, 3.63) is 0 Å². The average Bonchev–Trinajstić information content (AvgIpc) is 1.80. The Hall–Kier alpha value is -0.110. The molecule has 0 atom stereocenters. The predicted molar refractivity (Wildman–Crippen MR) is 48.3 cm³/mol. The Morgan fingerprint density at radius 1 is 1.40 bits per heavy atom. The summed E-state index contributed by atoms with van der Waals surface area (Å²) in [6.45, 7) is 9.00. The van der Waals surface area contributed by atoms with Crippen LogP contribution < -0.4 is 0 Å². The van der Waals surface area contributed by atoms with Crippen LogP contribution in [0.25, 0.3) is 0 Å². The molecule has 10 heavy (non-hydrogen) atoms. The van der Waals surface area contributed by atoms with Crippen molar-refractivity contribution < 1.29 is 4.74 Å². The maximum absolute atomic E-state index is 5.29. The monoisotopic (exact) mass is 160 g/mol. The zero-order valence-corrected chi connectivity index (χ0v) is 8.05. The largest absolute Gasteiger partial charge is 0.487 e. The third kappa shape index (κ3) is 3.83. The highest BCUT2D eigenvalue weighted by molar-refractivity contribution is 7.80. The highest BCUT2D eigenvalue weighted by atomic mass is 32.1. The number of thiocarbonyl (C=S) groups is 1. The maximum atomic E-state index is 5.29. The molecular formula is C8H16OS. The molecule has 0 aliphatic rings. The first-order chi connectivity index (χ1) is 4.48. The minimum atomic E-state index is 0.0184. The lowest BCUT2D eigenvalue weighted by Crippen LogP contribution is -2.21. The van der Waals surface area contributed by atoms with Crippen LogP contribution in [0, 0.1) is 5.41 Å².